The molecule has 1 aliphatic carbocycles. The van der Waals surface area contributed by atoms with Crippen molar-refractivity contribution in [2.45, 2.75) is 31.6 Å². The van der Waals surface area contributed by atoms with Crippen LogP contribution in [-0.4, -0.2) is 44.5 Å². The molecule has 2 fully saturated rings. The standard InChI is InChI=1S/C22H25N5/c1-2-5-17(6-3-1)21-23-11-19(12-24-21)20-13-25-22(26-20)18-7-4-10-27(15-18)14-16-8-9-16/h1-3,5-6,11-13,16,18H,4,7-10,14-15H2,(H,25,26)/t18-/m1/s1. The molecule has 5 rings (SSSR count). The third-order valence-electron chi connectivity index (χ3n) is 5.70. The Kier molecular flexibility index (Phi) is 4.46. The van der Waals surface area contributed by atoms with Crippen LogP contribution in [0.4, 0.5) is 0 Å². The lowest BCUT2D eigenvalue weighted by Crippen LogP contribution is -2.36. The van der Waals surface area contributed by atoms with Gasteiger partial charge >= 0.3 is 0 Å². The van der Waals surface area contributed by atoms with Gasteiger partial charge in [0.2, 0.25) is 0 Å². The van der Waals surface area contributed by atoms with Crippen LogP contribution in [0.1, 0.15) is 37.4 Å². The summed E-state index contributed by atoms with van der Waals surface area (Å²) in [4.78, 5) is 19.9. The van der Waals surface area contributed by atoms with Gasteiger partial charge in [0.25, 0.3) is 0 Å². The first-order valence-corrected chi connectivity index (χ1v) is 10.0. The largest absolute Gasteiger partial charge is 0.342 e. The number of imidazole rings is 1. The van der Waals surface area contributed by atoms with Crippen molar-refractivity contribution in [1.82, 2.24) is 24.8 Å². The van der Waals surface area contributed by atoms with E-state index in [0.717, 1.165) is 40.9 Å². The van der Waals surface area contributed by atoms with Crippen LogP contribution in [-0.2, 0) is 0 Å². The molecule has 1 saturated heterocycles. The Morgan fingerprint density at radius 1 is 0.926 bits per heavy atom. The zero-order valence-corrected chi connectivity index (χ0v) is 15.5. The maximum atomic E-state index is 4.69. The molecule has 2 aromatic heterocycles. The molecule has 1 aromatic carbocycles. The molecule has 0 bridgehead atoms. The first-order valence-electron chi connectivity index (χ1n) is 10.0. The van der Waals surface area contributed by atoms with Gasteiger partial charge < -0.3 is 9.88 Å². The average Bonchev–Trinajstić information content (AvgIpc) is 3.40. The van der Waals surface area contributed by atoms with E-state index in [1.165, 1.54) is 38.8 Å². The molecule has 3 heterocycles. The van der Waals surface area contributed by atoms with Gasteiger partial charge in [-0.05, 0) is 38.1 Å². The van der Waals surface area contributed by atoms with Crippen LogP contribution in [0.5, 0.6) is 0 Å². The highest BCUT2D eigenvalue weighted by molar-refractivity contribution is 5.60. The highest BCUT2D eigenvalue weighted by Gasteiger charge is 2.29. The highest BCUT2D eigenvalue weighted by atomic mass is 15.1. The molecule has 1 aliphatic heterocycles. The summed E-state index contributed by atoms with van der Waals surface area (Å²) in [6, 6.07) is 10.1. The van der Waals surface area contributed by atoms with Gasteiger partial charge in [-0.2, -0.15) is 0 Å². The second-order valence-corrected chi connectivity index (χ2v) is 7.89. The number of likely N-dealkylation sites (tertiary alicyclic amines) is 1. The Labute approximate surface area is 159 Å². The minimum Gasteiger partial charge on any atom is -0.342 e. The highest BCUT2D eigenvalue weighted by Crippen LogP contribution is 2.33. The van der Waals surface area contributed by atoms with E-state index in [-0.39, 0.29) is 0 Å². The maximum Gasteiger partial charge on any atom is 0.159 e. The van der Waals surface area contributed by atoms with Gasteiger partial charge in [0.05, 0.1) is 11.9 Å². The van der Waals surface area contributed by atoms with Gasteiger partial charge in [0, 0.05) is 42.5 Å². The minimum absolute atomic E-state index is 0.510. The molecule has 5 heteroatoms. The summed E-state index contributed by atoms with van der Waals surface area (Å²) in [7, 11) is 0. The molecule has 0 amide bonds. The monoisotopic (exact) mass is 359 g/mol. The zero-order chi connectivity index (χ0) is 18.1. The van der Waals surface area contributed by atoms with E-state index in [2.05, 4.69) is 24.8 Å². The number of aromatic amines is 1. The summed E-state index contributed by atoms with van der Waals surface area (Å²) in [5, 5.41) is 0. The molecule has 0 radical (unpaired) electrons. The van der Waals surface area contributed by atoms with Gasteiger partial charge in [-0.15, -0.1) is 0 Å². The molecule has 1 atom stereocenters. The lowest BCUT2D eigenvalue weighted by molar-refractivity contribution is 0.197. The molecule has 5 nitrogen and oxygen atoms in total. The van der Waals surface area contributed by atoms with Gasteiger partial charge in [0.15, 0.2) is 5.82 Å². The van der Waals surface area contributed by atoms with Crippen molar-refractivity contribution in [2.24, 2.45) is 5.92 Å². The predicted molar refractivity (Wildman–Crippen MR) is 106 cm³/mol. The van der Waals surface area contributed by atoms with E-state index >= 15 is 0 Å². The number of rotatable bonds is 5. The third kappa shape index (κ3) is 3.78. The Morgan fingerprint density at radius 3 is 2.52 bits per heavy atom. The number of nitrogens with one attached hydrogen (secondary N) is 1. The maximum absolute atomic E-state index is 4.69. The fourth-order valence-corrected chi connectivity index (χ4v) is 4.00. The van der Waals surface area contributed by atoms with Crippen molar-refractivity contribution in [3.63, 3.8) is 0 Å². The SMILES string of the molecule is c1ccc(-c2ncc(-c3cnc([C@@H]4CCCN(CC5CC5)C4)[nH]3)cn2)cc1. The minimum atomic E-state index is 0.510. The quantitative estimate of drug-likeness (QED) is 0.744. The lowest BCUT2D eigenvalue weighted by Gasteiger charge is -2.31. The van der Waals surface area contributed by atoms with Crippen molar-refractivity contribution in [3.8, 4) is 22.6 Å². The zero-order valence-electron chi connectivity index (χ0n) is 15.5. The first kappa shape index (κ1) is 16.6. The van der Waals surface area contributed by atoms with Crippen LogP contribution in [0.3, 0.4) is 0 Å². The van der Waals surface area contributed by atoms with Crippen LogP contribution in [0.25, 0.3) is 22.6 Å². The Balaban J connectivity index is 1.30. The van der Waals surface area contributed by atoms with Crippen molar-refractivity contribution >= 4 is 0 Å². The van der Waals surface area contributed by atoms with E-state index in [1.54, 1.807) is 0 Å². The number of hydrogen-bond acceptors (Lipinski definition) is 4. The number of nitrogens with zero attached hydrogens (tertiary/aromatic N) is 4. The molecule has 1 saturated carbocycles. The van der Waals surface area contributed by atoms with Gasteiger partial charge in [-0.1, -0.05) is 30.3 Å². The van der Waals surface area contributed by atoms with E-state index in [1.807, 2.05) is 48.9 Å². The molecular weight excluding hydrogens is 334 g/mol. The van der Waals surface area contributed by atoms with E-state index < -0.39 is 0 Å². The predicted octanol–water partition coefficient (Wildman–Crippen LogP) is 4.12. The van der Waals surface area contributed by atoms with Gasteiger partial charge in [-0.25, -0.2) is 15.0 Å². The van der Waals surface area contributed by atoms with Crippen LogP contribution in [0, 0.1) is 5.92 Å². The second-order valence-electron chi connectivity index (χ2n) is 7.89. The summed E-state index contributed by atoms with van der Waals surface area (Å²) in [6.07, 6.45) is 11.0. The number of piperidine rings is 1. The number of aromatic nitrogens is 4. The number of hydrogen-bond donors (Lipinski definition) is 1. The molecule has 0 spiro atoms. The van der Waals surface area contributed by atoms with Crippen LogP contribution < -0.4 is 0 Å². The molecular formula is C22H25N5. The van der Waals surface area contributed by atoms with Crippen molar-refractivity contribution in [1.29, 1.82) is 0 Å². The molecule has 2 aliphatic rings. The Hall–Kier alpha value is -2.53. The van der Waals surface area contributed by atoms with E-state index in [0.29, 0.717) is 5.92 Å². The molecule has 138 valence electrons. The summed E-state index contributed by atoms with van der Waals surface area (Å²) >= 11 is 0. The molecule has 1 N–H and O–H groups in total. The third-order valence-corrected chi connectivity index (χ3v) is 5.70. The van der Waals surface area contributed by atoms with E-state index in [9.17, 15) is 0 Å². The molecule has 27 heavy (non-hydrogen) atoms. The average molecular weight is 359 g/mol. The van der Waals surface area contributed by atoms with Crippen molar-refractivity contribution in [3.05, 3.63) is 54.7 Å². The topological polar surface area (TPSA) is 57.7 Å². The van der Waals surface area contributed by atoms with Gasteiger partial charge in [-0.3, -0.25) is 0 Å². The van der Waals surface area contributed by atoms with E-state index in [4.69, 9.17) is 0 Å². The fraction of sp³-hybridized carbons (Fsp3) is 0.409. The van der Waals surface area contributed by atoms with Crippen molar-refractivity contribution < 1.29 is 0 Å². The summed E-state index contributed by atoms with van der Waals surface area (Å²) in [6.45, 7) is 3.65. The Bertz CT molecular complexity index is 883. The summed E-state index contributed by atoms with van der Waals surface area (Å²) < 4.78 is 0. The Morgan fingerprint density at radius 2 is 1.74 bits per heavy atom. The van der Waals surface area contributed by atoms with Crippen LogP contribution in [0.2, 0.25) is 0 Å². The van der Waals surface area contributed by atoms with Gasteiger partial charge in [0.1, 0.15) is 5.82 Å². The number of benzene rings is 1. The summed E-state index contributed by atoms with van der Waals surface area (Å²) in [5.74, 6) is 3.33. The van der Waals surface area contributed by atoms with Crippen LogP contribution >= 0.6 is 0 Å². The second kappa shape index (κ2) is 7.24. The normalized spacial score (nSPS) is 20.7. The van der Waals surface area contributed by atoms with Crippen LogP contribution in [0.15, 0.2) is 48.9 Å². The van der Waals surface area contributed by atoms with Crippen molar-refractivity contribution in [2.75, 3.05) is 19.6 Å². The lowest BCUT2D eigenvalue weighted by atomic mass is 9.97. The smallest absolute Gasteiger partial charge is 0.159 e. The molecule has 3 aromatic rings. The fourth-order valence-electron chi connectivity index (χ4n) is 4.00. The first-order chi connectivity index (χ1) is 13.3. The molecule has 0 unspecified atom stereocenters. The number of H-pyrrole nitrogens is 1. The summed E-state index contributed by atoms with van der Waals surface area (Å²) in [5.41, 5.74) is 3.02.